The lowest BCUT2D eigenvalue weighted by molar-refractivity contribution is 0.0750. The summed E-state index contributed by atoms with van der Waals surface area (Å²) in [6, 6.07) is -0.130. The van der Waals surface area contributed by atoms with Gasteiger partial charge in [-0.1, -0.05) is 0 Å². The van der Waals surface area contributed by atoms with E-state index in [0.717, 1.165) is 10.7 Å². The molecule has 2 aliphatic rings. The maximum Gasteiger partial charge on any atom is 0.266 e. The molecule has 3 heterocycles. The molecule has 1 aromatic heterocycles. The van der Waals surface area contributed by atoms with Crippen LogP contribution in [0.15, 0.2) is 0 Å². The largest absolute Gasteiger partial charge is 0.333 e. The molecule has 0 aliphatic carbocycles. The summed E-state index contributed by atoms with van der Waals surface area (Å²) in [5.74, 6) is 0.0701. The van der Waals surface area contributed by atoms with Crippen LogP contribution in [0.2, 0.25) is 0 Å². The Kier molecular flexibility index (Phi) is 2.54. The van der Waals surface area contributed by atoms with E-state index >= 15 is 0 Å². The number of carbonyl (C=O) groups excluding carboxylic acids is 1. The van der Waals surface area contributed by atoms with Crippen molar-refractivity contribution in [3.8, 4) is 0 Å². The van der Waals surface area contributed by atoms with Crippen LogP contribution in [-0.2, 0) is 9.84 Å². The standard InChI is InChI=1S/C11H14N2O3S2/c1-6-10(17-7(2)12-6)11(14)13-4-9-3-8(13)5-18(9,15)16/h8-9H,3-5H2,1-2H3. The molecule has 0 spiro atoms. The number of aryl methyl sites for hydroxylation is 2. The van der Waals surface area contributed by atoms with E-state index in [9.17, 15) is 13.2 Å². The van der Waals surface area contributed by atoms with Gasteiger partial charge < -0.3 is 4.90 Å². The van der Waals surface area contributed by atoms with E-state index in [4.69, 9.17) is 0 Å². The minimum absolute atomic E-state index is 0.0551. The molecule has 2 bridgehead atoms. The quantitative estimate of drug-likeness (QED) is 0.765. The van der Waals surface area contributed by atoms with Gasteiger partial charge in [0.25, 0.3) is 5.91 Å². The summed E-state index contributed by atoms with van der Waals surface area (Å²) in [6.07, 6.45) is 0.602. The monoisotopic (exact) mass is 286 g/mol. The van der Waals surface area contributed by atoms with Crippen LogP contribution in [0.1, 0.15) is 26.8 Å². The van der Waals surface area contributed by atoms with Crippen molar-refractivity contribution in [1.82, 2.24) is 9.88 Å². The molecular formula is C11H14N2O3S2. The topological polar surface area (TPSA) is 67.3 Å². The highest BCUT2D eigenvalue weighted by Gasteiger charge is 2.50. The Morgan fingerprint density at radius 2 is 2.17 bits per heavy atom. The smallest absolute Gasteiger partial charge is 0.266 e. The molecule has 0 saturated carbocycles. The van der Waals surface area contributed by atoms with E-state index in [-0.39, 0.29) is 23.0 Å². The lowest BCUT2D eigenvalue weighted by Crippen LogP contribution is -2.44. The molecule has 0 radical (unpaired) electrons. The van der Waals surface area contributed by atoms with Crippen LogP contribution in [0.4, 0.5) is 0 Å². The maximum absolute atomic E-state index is 12.4. The molecule has 0 N–H and O–H groups in total. The third kappa shape index (κ3) is 1.68. The van der Waals surface area contributed by atoms with Crippen LogP contribution < -0.4 is 0 Å². The van der Waals surface area contributed by atoms with E-state index < -0.39 is 9.84 Å². The third-order valence-electron chi connectivity index (χ3n) is 3.67. The number of amides is 1. The van der Waals surface area contributed by atoms with E-state index in [1.54, 1.807) is 4.90 Å². The lowest BCUT2D eigenvalue weighted by atomic mass is 10.2. The fourth-order valence-electron chi connectivity index (χ4n) is 2.81. The van der Waals surface area contributed by atoms with Crippen LogP contribution in [-0.4, -0.2) is 47.8 Å². The van der Waals surface area contributed by atoms with Crippen LogP contribution >= 0.6 is 11.3 Å². The number of carbonyl (C=O) groups is 1. The van der Waals surface area contributed by atoms with Crippen LogP contribution in [0.25, 0.3) is 0 Å². The van der Waals surface area contributed by atoms with Gasteiger partial charge >= 0.3 is 0 Å². The fraction of sp³-hybridized carbons (Fsp3) is 0.636. The van der Waals surface area contributed by atoms with E-state index in [2.05, 4.69) is 4.98 Å². The van der Waals surface area contributed by atoms with Crippen molar-refractivity contribution in [3.63, 3.8) is 0 Å². The molecule has 2 fully saturated rings. The molecule has 1 amide bonds. The normalized spacial score (nSPS) is 28.9. The molecule has 98 valence electrons. The highest BCUT2D eigenvalue weighted by Crippen LogP contribution is 2.34. The Morgan fingerprint density at radius 3 is 2.61 bits per heavy atom. The number of hydrogen-bond donors (Lipinski definition) is 0. The third-order valence-corrected chi connectivity index (χ3v) is 6.93. The SMILES string of the molecule is Cc1nc(C)c(C(=O)N2CC3CC2CS3(=O)=O)s1. The Labute approximate surface area is 110 Å². The summed E-state index contributed by atoms with van der Waals surface area (Å²) >= 11 is 1.38. The van der Waals surface area contributed by atoms with Crippen molar-refractivity contribution >= 4 is 27.1 Å². The van der Waals surface area contributed by atoms with Crippen molar-refractivity contribution in [2.75, 3.05) is 12.3 Å². The first-order chi connectivity index (χ1) is 8.38. The van der Waals surface area contributed by atoms with Gasteiger partial charge in [0, 0.05) is 12.6 Å². The molecule has 0 aromatic carbocycles. The summed E-state index contributed by atoms with van der Waals surface area (Å²) < 4.78 is 23.3. The molecule has 5 nitrogen and oxygen atoms in total. The first kappa shape index (κ1) is 12.1. The van der Waals surface area contributed by atoms with E-state index in [1.165, 1.54) is 11.3 Å². The molecular weight excluding hydrogens is 272 g/mol. The van der Waals surface area contributed by atoms with Gasteiger partial charge in [-0.15, -0.1) is 11.3 Å². The fourth-order valence-corrected chi connectivity index (χ4v) is 5.71. The minimum atomic E-state index is -2.95. The van der Waals surface area contributed by atoms with Gasteiger partial charge in [0.15, 0.2) is 9.84 Å². The number of likely N-dealkylation sites (tertiary alicyclic amines) is 1. The number of hydrogen-bond acceptors (Lipinski definition) is 5. The van der Waals surface area contributed by atoms with Gasteiger partial charge in [-0.3, -0.25) is 4.79 Å². The van der Waals surface area contributed by atoms with Crippen LogP contribution in [0.3, 0.4) is 0 Å². The molecule has 2 aliphatic heterocycles. The van der Waals surface area contributed by atoms with Gasteiger partial charge in [0.2, 0.25) is 0 Å². The highest BCUT2D eigenvalue weighted by atomic mass is 32.2. The number of rotatable bonds is 1. The Balaban J connectivity index is 1.87. The average Bonchev–Trinajstić information content (AvgIpc) is 2.88. The van der Waals surface area contributed by atoms with Gasteiger partial charge in [-0.05, 0) is 20.3 Å². The van der Waals surface area contributed by atoms with Gasteiger partial charge in [0.1, 0.15) is 4.88 Å². The summed E-state index contributed by atoms with van der Waals surface area (Å²) in [4.78, 5) is 19.0. The second kappa shape index (κ2) is 3.77. The van der Waals surface area contributed by atoms with E-state index in [0.29, 0.717) is 17.8 Å². The number of nitrogens with zero attached hydrogens (tertiary/aromatic N) is 2. The molecule has 18 heavy (non-hydrogen) atoms. The van der Waals surface area contributed by atoms with Crippen molar-refractivity contribution in [2.24, 2.45) is 0 Å². The zero-order valence-corrected chi connectivity index (χ0v) is 11.8. The number of aromatic nitrogens is 1. The minimum Gasteiger partial charge on any atom is -0.333 e. The first-order valence-electron chi connectivity index (χ1n) is 5.85. The second-order valence-corrected chi connectivity index (χ2v) is 8.47. The van der Waals surface area contributed by atoms with Gasteiger partial charge in [0.05, 0.1) is 21.7 Å². The van der Waals surface area contributed by atoms with Crippen molar-refractivity contribution in [1.29, 1.82) is 0 Å². The first-order valence-corrected chi connectivity index (χ1v) is 8.38. The second-order valence-electron chi connectivity index (χ2n) is 4.95. The average molecular weight is 286 g/mol. The zero-order chi connectivity index (χ0) is 13.1. The predicted molar refractivity (Wildman–Crippen MR) is 68.6 cm³/mol. The Bertz CT molecular complexity index is 620. The summed E-state index contributed by atoms with van der Waals surface area (Å²) in [5.41, 5.74) is 0.744. The zero-order valence-electron chi connectivity index (χ0n) is 10.2. The summed E-state index contributed by atoms with van der Waals surface area (Å²) in [7, 11) is -2.95. The molecule has 2 saturated heterocycles. The number of sulfone groups is 1. The molecule has 7 heteroatoms. The summed E-state index contributed by atoms with van der Waals surface area (Å²) in [5, 5.41) is 0.522. The highest BCUT2D eigenvalue weighted by molar-refractivity contribution is 7.92. The predicted octanol–water partition coefficient (Wildman–Crippen LogP) is 0.771. The molecule has 1 aromatic rings. The van der Waals surface area contributed by atoms with Crippen molar-refractivity contribution in [3.05, 3.63) is 15.6 Å². The Morgan fingerprint density at radius 1 is 1.44 bits per heavy atom. The molecule has 2 atom stereocenters. The number of fused-ring (bicyclic) bond motifs is 2. The molecule has 2 unspecified atom stereocenters. The summed E-state index contributed by atoms with van der Waals surface area (Å²) in [6.45, 7) is 4.04. The Hall–Kier alpha value is -0.950. The van der Waals surface area contributed by atoms with Gasteiger partial charge in [-0.25, -0.2) is 13.4 Å². The van der Waals surface area contributed by atoms with Crippen molar-refractivity contribution in [2.45, 2.75) is 31.6 Å². The van der Waals surface area contributed by atoms with Crippen molar-refractivity contribution < 1.29 is 13.2 Å². The van der Waals surface area contributed by atoms with Crippen LogP contribution in [0, 0.1) is 13.8 Å². The van der Waals surface area contributed by atoms with Crippen LogP contribution in [0.5, 0.6) is 0 Å². The van der Waals surface area contributed by atoms with Gasteiger partial charge in [-0.2, -0.15) is 0 Å². The van der Waals surface area contributed by atoms with E-state index in [1.807, 2.05) is 13.8 Å². The maximum atomic E-state index is 12.4. The molecule has 3 rings (SSSR count). The lowest BCUT2D eigenvalue weighted by Gasteiger charge is -2.26. The number of thiazole rings is 1.